The summed E-state index contributed by atoms with van der Waals surface area (Å²) in [5.74, 6) is 0.619. The van der Waals surface area contributed by atoms with Crippen molar-refractivity contribution in [3.8, 4) is 0 Å². The second-order valence-electron chi connectivity index (χ2n) is 4.52. The first-order valence-corrected chi connectivity index (χ1v) is 8.10. The van der Waals surface area contributed by atoms with Crippen LogP contribution in [0.4, 0.5) is 5.69 Å². The van der Waals surface area contributed by atoms with Crippen molar-refractivity contribution >= 4 is 38.9 Å². The number of sulfonamides is 1. The van der Waals surface area contributed by atoms with Crippen molar-refractivity contribution in [2.45, 2.75) is 11.4 Å². The molecule has 0 saturated carbocycles. The highest BCUT2D eigenvalue weighted by Crippen LogP contribution is 2.31. The lowest BCUT2D eigenvalue weighted by molar-refractivity contribution is 0.451. The number of rotatable bonds is 4. The lowest BCUT2D eigenvalue weighted by Gasteiger charge is -2.17. The summed E-state index contributed by atoms with van der Waals surface area (Å²) in [5.41, 5.74) is 5.77. The molecule has 21 heavy (non-hydrogen) atoms. The lowest BCUT2D eigenvalue weighted by Crippen LogP contribution is -2.27. The van der Waals surface area contributed by atoms with Gasteiger partial charge in [0.1, 0.15) is 5.82 Å². The molecular weight excluding hydrogens is 335 g/mol. The Morgan fingerprint density at radius 2 is 1.90 bits per heavy atom. The van der Waals surface area contributed by atoms with Crippen LogP contribution in [0.25, 0.3) is 0 Å². The van der Waals surface area contributed by atoms with Gasteiger partial charge in [0.25, 0.3) is 0 Å². The van der Waals surface area contributed by atoms with Crippen LogP contribution in [-0.4, -0.2) is 29.3 Å². The molecule has 0 amide bonds. The molecule has 0 radical (unpaired) electrons. The maximum atomic E-state index is 12.5. The number of hydrogen-bond acceptors (Lipinski definition) is 4. The number of benzene rings is 1. The highest BCUT2D eigenvalue weighted by atomic mass is 35.5. The van der Waals surface area contributed by atoms with E-state index in [4.69, 9.17) is 28.9 Å². The van der Waals surface area contributed by atoms with Gasteiger partial charge < -0.3 is 10.3 Å². The first-order chi connectivity index (χ1) is 9.73. The third kappa shape index (κ3) is 3.16. The number of halogens is 2. The minimum Gasteiger partial charge on any atom is -0.396 e. The smallest absolute Gasteiger partial charge is 0.243 e. The zero-order chi connectivity index (χ0) is 15.8. The van der Waals surface area contributed by atoms with Gasteiger partial charge in [-0.05, 0) is 12.1 Å². The molecule has 1 heterocycles. The normalized spacial score (nSPS) is 12.0. The van der Waals surface area contributed by atoms with E-state index in [-0.39, 0.29) is 27.2 Å². The summed E-state index contributed by atoms with van der Waals surface area (Å²) in [6.45, 7) is 0.130. The molecule has 2 N–H and O–H groups in total. The van der Waals surface area contributed by atoms with Crippen molar-refractivity contribution in [1.29, 1.82) is 0 Å². The minimum absolute atomic E-state index is 0.0107. The Kier molecular flexibility index (Phi) is 4.48. The molecule has 9 heteroatoms. The van der Waals surface area contributed by atoms with Gasteiger partial charge in [-0.3, -0.25) is 0 Å². The molecule has 0 aliphatic rings. The highest BCUT2D eigenvalue weighted by Gasteiger charge is 2.24. The van der Waals surface area contributed by atoms with Crippen LogP contribution in [0.15, 0.2) is 29.4 Å². The van der Waals surface area contributed by atoms with Crippen LogP contribution in [0, 0.1) is 0 Å². The maximum absolute atomic E-state index is 12.5. The third-order valence-electron chi connectivity index (χ3n) is 3.05. The zero-order valence-corrected chi connectivity index (χ0v) is 13.7. The van der Waals surface area contributed by atoms with Crippen LogP contribution in [0.2, 0.25) is 10.0 Å². The highest BCUT2D eigenvalue weighted by molar-refractivity contribution is 7.89. The molecule has 2 aromatic rings. The molecular formula is C12H14Cl2N4O2S. The first-order valence-electron chi connectivity index (χ1n) is 5.90. The van der Waals surface area contributed by atoms with Crippen molar-refractivity contribution < 1.29 is 8.42 Å². The lowest BCUT2D eigenvalue weighted by atomic mass is 10.3. The Morgan fingerprint density at radius 1 is 1.33 bits per heavy atom. The Morgan fingerprint density at radius 3 is 2.38 bits per heavy atom. The summed E-state index contributed by atoms with van der Waals surface area (Å²) in [7, 11) is -0.486. The molecule has 114 valence electrons. The van der Waals surface area contributed by atoms with E-state index in [0.29, 0.717) is 5.82 Å². The summed E-state index contributed by atoms with van der Waals surface area (Å²) >= 11 is 11.8. The second kappa shape index (κ2) is 5.84. The summed E-state index contributed by atoms with van der Waals surface area (Å²) in [4.78, 5) is 4.09. The fourth-order valence-corrected chi connectivity index (χ4v) is 3.52. The molecule has 1 aromatic heterocycles. The van der Waals surface area contributed by atoms with Gasteiger partial charge in [-0.1, -0.05) is 23.2 Å². The number of hydrogen-bond donors (Lipinski definition) is 1. The summed E-state index contributed by atoms with van der Waals surface area (Å²) in [5, 5.41) is 0.206. The van der Waals surface area contributed by atoms with Crippen LogP contribution < -0.4 is 5.73 Å². The van der Waals surface area contributed by atoms with Crippen molar-refractivity contribution in [2.75, 3.05) is 12.8 Å². The van der Waals surface area contributed by atoms with Gasteiger partial charge in [0.15, 0.2) is 0 Å². The van der Waals surface area contributed by atoms with Crippen molar-refractivity contribution in [2.24, 2.45) is 7.05 Å². The second-order valence-corrected chi connectivity index (χ2v) is 7.38. The molecule has 0 bridgehead atoms. The maximum Gasteiger partial charge on any atom is 0.243 e. The molecule has 0 aliphatic heterocycles. The predicted molar refractivity (Wildman–Crippen MR) is 82.7 cm³/mol. The number of nitrogen functional groups attached to an aromatic ring is 1. The number of aryl methyl sites for hydroxylation is 1. The molecule has 0 fully saturated rings. The summed E-state index contributed by atoms with van der Waals surface area (Å²) in [6.07, 6.45) is 3.35. The number of nitrogens with two attached hydrogens (primary N) is 1. The fourth-order valence-electron chi connectivity index (χ4n) is 1.72. The van der Waals surface area contributed by atoms with Gasteiger partial charge in [-0.2, -0.15) is 4.31 Å². The topological polar surface area (TPSA) is 81.2 Å². The minimum atomic E-state index is -3.74. The standard InChI is InChI=1S/C12H14Cl2N4O2S/c1-17-4-3-16-11(17)7-18(2)21(19,20)8-5-9(13)12(15)10(14)6-8/h3-6H,7,15H2,1-2H3. The third-order valence-corrected chi connectivity index (χ3v) is 5.45. The van der Waals surface area contributed by atoms with Crippen molar-refractivity contribution in [1.82, 2.24) is 13.9 Å². The van der Waals surface area contributed by atoms with E-state index in [1.807, 2.05) is 0 Å². The summed E-state index contributed by atoms with van der Waals surface area (Å²) in [6, 6.07) is 2.57. The largest absolute Gasteiger partial charge is 0.396 e. The number of imidazole rings is 1. The van der Waals surface area contributed by atoms with Gasteiger partial charge >= 0.3 is 0 Å². The van der Waals surface area contributed by atoms with Gasteiger partial charge in [0.05, 0.1) is 27.2 Å². The van der Waals surface area contributed by atoms with Gasteiger partial charge in [-0.25, -0.2) is 13.4 Å². The Balaban J connectivity index is 2.35. The number of anilines is 1. The molecule has 0 unspecified atom stereocenters. The van der Waals surface area contributed by atoms with Crippen LogP contribution in [0.3, 0.4) is 0 Å². The monoisotopic (exact) mass is 348 g/mol. The van der Waals surface area contributed by atoms with Crippen molar-refractivity contribution in [3.05, 3.63) is 40.4 Å². The molecule has 0 spiro atoms. The van der Waals surface area contributed by atoms with Crippen molar-refractivity contribution in [3.63, 3.8) is 0 Å². The van der Waals surface area contributed by atoms with E-state index in [0.717, 1.165) is 0 Å². The average molecular weight is 349 g/mol. The Hall–Kier alpha value is -1.28. The number of nitrogens with zero attached hydrogens (tertiary/aromatic N) is 3. The Bertz CT molecular complexity index is 750. The van der Waals surface area contributed by atoms with E-state index in [2.05, 4.69) is 4.98 Å². The fraction of sp³-hybridized carbons (Fsp3) is 0.250. The van der Waals surface area contributed by atoms with E-state index >= 15 is 0 Å². The van der Waals surface area contributed by atoms with Gasteiger partial charge in [0, 0.05) is 26.5 Å². The Labute approximate surface area is 133 Å². The van der Waals surface area contributed by atoms with Crippen LogP contribution in [0.5, 0.6) is 0 Å². The molecule has 0 atom stereocenters. The van der Waals surface area contributed by atoms with Crippen LogP contribution in [-0.2, 0) is 23.6 Å². The van der Waals surface area contributed by atoms with Gasteiger partial charge in [-0.15, -0.1) is 0 Å². The van der Waals surface area contributed by atoms with E-state index in [1.165, 1.54) is 23.5 Å². The first kappa shape index (κ1) is 16.1. The predicted octanol–water partition coefficient (Wildman–Crippen LogP) is 2.13. The molecule has 2 rings (SSSR count). The summed E-state index contributed by atoms with van der Waals surface area (Å²) < 4.78 is 28.0. The van der Waals surface area contributed by atoms with E-state index in [9.17, 15) is 8.42 Å². The van der Waals surface area contributed by atoms with Crippen LogP contribution in [0.1, 0.15) is 5.82 Å². The molecule has 0 aliphatic carbocycles. The molecule has 0 saturated heterocycles. The quantitative estimate of drug-likeness (QED) is 0.858. The number of aromatic nitrogens is 2. The van der Waals surface area contributed by atoms with E-state index in [1.54, 1.807) is 24.0 Å². The van der Waals surface area contributed by atoms with Crippen LogP contribution >= 0.6 is 23.2 Å². The molecule has 6 nitrogen and oxygen atoms in total. The zero-order valence-electron chi connectivity index (χ0n) is 11.4. The molecule has 1 aromatic carbocycles. The van der Waals surface area contributed by atoms with Gasteiger partial charge in [0.2, 0.25) is 10.0 Å². The van der Waals surface area contributed by atoms with E-state index < -0.39 is 10.0 Å². The average Bonchev–Trinajstić information content (AvgIpc) is 2.80. The SMILES string of the molecule is CN(Cc1nccn1C)S(=O)(=O)c1cc(Cl)c(N)c(Cl)c1.